The largest absolute Gasteiger partial charge is 0.497 e. The van der Waals surface area contributed by atoms with Crippen LogP contribution in [0.2, 0.25) is 0 Å². The van der Waals surface area contributed by atoms with E-state index >= 15 is 0 Å². The van der Waals surface area contributed by atoms with Gasteiger partial charge in [0.2, 0.25) is 0 Å². The van der Waals surface area contributed by atoms with Gasteiger partial charge in [0.05, 0.1) is 26.3 Å². The number of carboxylic acid groups (broad SMARTS) is 1. The fourth-order valence-corrected chi connectivity index (χ4v) is 3.04. The fraction of sp³-hybridized carbons (Fsp3) is 0.174. The van der Waals surface area contributed by atoms with E-state index in [-0.39, 0.29) is 12.8 Å². The Balaban J connectivity index is 1.82. The number of aryl methyl sites for hydroxylation is 1. The molecule has 0 bridgehead atoms. The number of hydrogen-bond donors (Lipinski definition) is 3. The second-order valence-corrected chi connectivity index (χ2v) is 6.79. The van der Waals surface area contributed by atoms with Crippen molar-refractivity contribution in [2.24, 2.45) is 0 Å². The Morgan fingerprint density at radius 3 is 2.00 bits per heavy atom. The average molecular weight is 437 g/mol. The molecule has 0 atom stereocenters. The van der Waals surface area contributed by atoms with Gasteiger partial charge in [-0.05, 0) is 60.7 Å². The zero-order valence-electron chi connectivity index (χ0n) is 17.6. The normalized spacial score (nSPS) is 10.3. The van der Waals surface area contributed by atoms with Gasteiger partial charge in [-0.3, -0.25) is 24.5 Å². The number of carbonyl (C=O) groups is 3. The third kappa shape index (κ3) is 5.45. The molecule has 2 amide bonds. The molecule has 3 N–H and O–H groups in total. The molecule has 1 heterocycles. The lowest BCUT2D eigenvalue weighted by Gasteiger charge is -2.15. The number of carbonyl (C=O) groups excluding carboxylic acids is 2. The minimum Gasteiger partial charge on any atom is -0.497 e. The summed E-state index contributed by atoms with van der Waals surface area (Å²) in [5.74, 6) is -1.45. The fourth-order valence-electron chi connectivity index (χ4n) is 3.04. The third-order valence-electron chi connectivity index (χ3n) is 4.71. The molecule has 9 nitrogen and oxygen atoms in total. The van der Waals surface area contributed by atoms with Crippen molar-refractivity contribution in [3.63, 3.8) is 0 Å². The number of hydrogen-bond acceptors (Lipinski definition) is 5. The topological polar surface area (TPSA) is 119 Å². The predicted octanol–water partition coefficient (Wildman–Crippen LogP) is 2.90. The predicted molar refractivity (Wildman–Crippen MR) is 118 cm³/mol. The first-order valence-electron chi connectivity index (χ1n) is 9.74. The van der Waals surface area contributed by atoms with Gasteiger partial charge in [0.1, 0.15) is 11.5 Å². The first-order chi connectivity index (χ1) is 15.4. The Labute approximate surface area is 184 Å². The number of aliphatic carboxylic acids is 1. The first kappa shape index (κ1) is 22.4. The van der Waals surface area contributed by atoms with E-state index in [1.54, 1.807) is 67.8 Å². The maximum Gasteiger partial charge on any atom is 0.328 e. The number of rotatable bonds is 8. The van der Waals surface area contributed by atoms with Crippen molar-refractivity contribution in [2.45, 2.75) is 12.8 Å². The van der Waals surface area contributed by atoms with E-state index in [9.17, 15) is 14.4 Å². The van der Waals surface area contributed by atoms with E-state index in [0.29, 0.717) is 28.6 Å². The summed E-state index contributed by atoms with van der Waals surface area (Å²) in [7, 11) is 3.09. The van der Waals surface area contributed by atoms with Crippen LogP contribution < -0.4 is 20.2 Å². The molecule has 0 aliphatic carbocycles. The molecule has 2 aromatic carbocycles. The lowest BCUT2D eigenvalue weighted by Crippen LogP contribution is -2.35. The Morgan fingerprint density at radius 2 is 1.44 bits per heavy atom. The maximum atomic E-state index is 12.6. The quantitative estimate of drug-likeness (QED) is 0.466. The van der Waals surface area contributed by atoms with E-state index < -0.39 is 17.8 Å². The zero-order chi connectivity index (χ0) is 23.1. The van der Waals surface area contributed by atoms with E-state index in [1.807, 2.05) is 0 Å². The monoisotopic (exact) mass is 437 g/mol. The molecule has 0 saturated heterocycles. The molecule has 0 radical (unpaired) electrons. The highest BCUT2D eigenvalue weighted by atomic mass is 16.5. The van der Waals surface area contributed by atoms with Gasteiger partial charge in [0, 0.05) is 23.4 Å². The molecule has 0 unspecified atom stereocenters. The number of amides is 2. The van der Waals surface area contributed by atoms with E-state index in [1.165, 1.54) is 11.8 Å². The van der Waals surface area contributed by atoms with Crippen molar-refractivity contribution >= 4 is 23.5 Å². The number of nitrogens with zero attached hydrogens (tertiary/aromatic N) is 1. The average Bonchev–Trinajstić information content (AvgIpc) is 3.20. The van der Waals surface area contributed by atoms with E-state index in [2.05, 4.69) is 10.7 Å². The van der Waals surface area contributed by atoms with Crippen LogP contribution in [0.15, 0.2) is 60.7 Å². The zero-order valence-corrected chi connectivity index (χ0v) is 17.6. The molecular formula is C23H23N3O6. The van der Waals surface area contributed by atoms with Crippen molar-refractivity contribution in [1.29, 1.82) is 0 Å². The summed E-state index contributed by atoms with van der Waals surface area (Å²) in [6.07, 6.45) is 0.0475. The summed E-state index contributed by atoms with van der Waals surface area (Å²) in [6, 6.07) is 17.1. The van der Waals surface area contributed by atoms with Crippen LogP contribution in [0.4, 0.5) is 5.69 Å². The number of benzene rings is 2. The van der Waals surface area contributed by atoms with Gasteiger partial charge >= 0.3 is 17.8 Å². The van der Waals surface area contributed by atoms with Crippen LogP contribution in [0, 0.1) is 0 Å². The summed E-state index contributed by atoms with van der Waals surface area (Å²) in [4.78, 5) is 36.1. The Kier molecular flexibility index (Phi) is 7.12. The Morgan fingerprint density at radius 1 is 0.844 bits per heavy atom. The standard InChI is InChI=1S/C23H23N3O6/c1-31-18-9-3-15(4-10-18)20-13-7-17(8-14-21(27)28)26(20)25-23(30)22(29)24-16-5-11-19(32-2)12-6-16/h3-7,9-13H,8,14H2,1-2H3,(H,24,29)(H,25,30)(H,27,28). The second kappa shape index (κ2) is 10.2. The highest BCUT2D eigenvalue weighted by molar-refractivity contribution is 6.42. The molecule has 3 aromatic rings. The van der Waals surface area contributed by atoms with Crippen LogP contribution in [-0.2, 0) is 20.8 Å². The van der Waals surface area contributed by atoms with Gasteiger partial charge < -0.3 is 19.9 Å². The molecule has 0 aliphatic heterocycles. The van der Waals surface area contributed by atoms with Gasteiger partial charge in [-0.25, -0.2) is 0 Å². The van der Waals surface area contributed by atoms with Gasteiger partial charge in [-0.1, -0.05) is 0 Å². The highest BCUT2D eigenvalue weighted by Gasteiger charge is 2.19. The van der Waals surface area contributed by atoms with Crippen molar-refractivity contribution in [2.75, 3.05) is 25.0 Å². The third-order valence-corrected chi connectivity index (χ3v) is 4.71. The number of methoxy groups -OCH3 is 2. The number of carboxylic acids is 1. The second-order valence-electron chi connectivity index (χ2n) is 6.79. The van der Waals surface area contributed by atoms with Gasteiger partial charge in [-0.2, -0.15) is 0 Å². The maximum absolute atomic E-state index is 12.6. The summed E-state index contributed by atoms with van der Waals surface area (Å²) >= 11 is 0. The summed E-state index contributed by atoms with van der Waals surface area (Å²) in [5.41, 5.74) is 4.89. The Hall–Kier alpha value is -4.27. The number of ether oxygens (including phenoxy) is 2. The van der Waals surface area contributed by atoms with Gasteiger partial charge in [0.15, 0.2) is 0 Å². The van der Waals surface area contributed by atoms with Crippen LogP contribution in [0.1, 0.15) is 12.1 Å². The summed E-state index contributed by atoms with van der Waals surface area (Å²) in [5, 5.41) is 11.6. The lowest BCUT2D eigenvalue weighted by molar-refractivity contribution is -0.137. The summed E-state index contributed by atoms with van der Waals surface area (Å²) < 4.78 is 11.7. The van der Waals surface area contributed by atoms with Gasteiger partial charge in [0.25, 0.3) is 0 Å². The smallest absolute Gasteiger partial charge is 0.328 e. The number of anilines is 1. The van der Waals surface area contributed by atoms with Crippen LogP contribution >= 0.6 is 0 Å². The van der Waals surface area contributed by atoms with Crippen LogP contribution in [0.5, 0.6) is 11.5 Å². The van der Waals surface area contributed by atoms with E-state index in [0.717, 1.165) is 5.56 Å². The molecule has 0 saturated carbocycles. The van der Waals surface area contributed by atoms with Crippen molar-refractivity contribution in [3.8, 4) is 22.8 Å². The molecule has 1 aromatic heterocycles. The summed E-state index contributed by atoms with van der Waals surface area (Å²) in [6.45, 7) is 0. The lowest BCUT2D eigenvalue weighted by atomic mass is 10.1. The van der Waals surface area contributed by atoms with Crippen molar-refractivity contribution in [3.05, 3.63) is 66.4 Å². The SMILES string of the molecule is COc1ccc(NC(=O)C(=O)Nn2c(CCC(=O)O)ccc2-c2ccc(OC)cc2)cc1. The van der Waals surface area contributed by atoms with Crippen LogP contribution in [-0.4, -0.2) is 41.8 Å². The molecule has 0 spiro atoms. The number of nitrogens with one attached hydrogen (secondary N) is 2. The molecule has 3 rings (SSSR count). The van der Waals surface area contributed by atoms with Crippen molar-refractivity contribution < 1.29 is 29.0 Å². The molecule has 0 aliphatic rings. The molecule has 166 valence electrons. The first-order valence-corrected chi connectivity index (χ1v) is 9.74. The van der Waals surface area contributed by atoms with Crippen LogP contribution in [0.25, 0.3) is 11.3 Å². The minimum atomic E-state index is -0.965. The van der Waals surface area contributed by atoms with E-state index in [4.69, 9.17) is 14.6 Å². The van der Waals surface area contributed by atoms with Crippen molar-refractivity contribution in [1.82, 2.24) is 4.68 Å². The highest BCUT2D eigenvalue weighted by Crippen LogP contribution is 2.25. The molecule has 9 heteroatoms. The number of aromatic nitrogens is 1. The van der Waals surface area contributed by atoms with Crippen LogP contribution in [0.3, 0.4) is 0 Å². The molecule has 32 heavy (non-hydrogen) atoms. The molecular weight excluding hydrogens is 414 g/mol. The Bertz CT molecular complexity index is 1100. The van der Waals surface area contributed by atoms with Gasteiger partial charge in [-0.15, -0.1) is 0 Å². The minimum absolute atomic E-state index is 0.125. The molecule has 0 fully saturated rings.